The normalized spacial score (nSPS) is 21.5. The van der Waals surface area contributed by atoms with E-state index in [1.807, 2.05) is 0 Å². The molecule has 1 heterocycles. The van der Waals surface area contributed by atoms with E-state index in [-0.39, 0.29) is 0 Å². The lowest BCUT2D eigenvalue weighted by Gasteiger charge is -2.41. The Morgan fingerprint density at radius 3 is 2.69 bits per heavy atom. The summed E-state index contributed by atoms with van der Waals surface area (Å²) in [7, 11) is 0. The van der Waals surface area contributed by atoms with Gasteiger partial charge in [-0.15, -0.1) is 0 Å². The Kier molecular flexibility index (Phi) is 2.33. The largest absolute Gasteiger partial charge is 0.369 e. The van der Waals surface area contributed by atoms with Crippen LogP contribution in [0.15, 0.2) is 22.7 Å². The van der Waals surface area contributed by atoms with E-state index >= 15 is 0 Å². The van der Waals surface area contributed by atoms with Crippen LogP contribution >= 0.6 is 15.9 Å². The molecule has 0 aliphatic carbocycles. The van der Waals surface area contributed by atoms with Gasteiger partial charge in [-0.2, -0.15) is 0 Å². The van der Waals surface area contributed by atoms with Crippen molar-refractivity contribution in [2.45, 2.75) is 26.3 Å². The zero-order valence-corrected chi connectivity index (χ0v) is 9.63. The van der Waals surface area contributed by atoms with Crippen LogP contribution in [-0.2, 0) is 0 Å². The minimum Gasteiger partial charge on any atom is -0.369 e. The van der Waals surface area contributed by atoms with Gasteiger partial charge in [0.2, 0.25) is 0 Å². The average Bonchev–Trinajstić information content (AvgIpc) is 2.09. The van der Waals surface area contributed by atoms with E-state index < -0.39 is 0 Å². The van der Waals surface area contributed by atoms with E-state index in [0.717, 1.165) is 6.04 Å². The van der Waals surface area contributed by atoms with Gasteiger partial charge in [0.05, 0.1) is 0 Å². The lowest BCUT2D eigenvalue weighted by atomic mass is 10.0. The van der Waals surface area contributed by atoms with Crippen LogP contribution in [0.3, 0.4) is 0 Å². The molecule has 70 valence electrons. The highest BCUT2D eigenvalue weighted by Crippen LogP contribution is 2.29. The summed E-state index contributed by atoms with van der Waals surface area (Å²) in [6, 6.07) is 7.31. The molecule has 1 unspecified atom stereocenters. The molecule has 13 heavy (non-hydrogen) atoms. The Labute approximate surface area is 87.9 Å². The zero-order chi connectivity index (χ0) is 9.42. The van der Waals surface area contributed by atoms with Gasteiger partial charge in [0.1, 0.15) is 0 Å². The second-order valence-electron chi connectivity index (χ2n) is 3.76. The van der Waals surface area contributed by atoms with Crippen LogP contribution in [-0.4, -0.2) is 12.6 Å². The maximum atomic E-state index is 3.56. The van der Waals surface area contributed by atoms with Gasteiger partial charge in [-0.05, 0) is 38.0 Å². The average molecular weight is 240 g/mol. The van der Waals surface area contributed by atoms with Crippen molar-refractivity contribution in [3.63, 3.8) is 0 Å². The summed E-state index contributed by atoms with van der Waals surface area (Å²) in [6.07, 6.45) is 1.32. The summed E-state index contributed by atoms with van der Waals surface area (Å²) >= 11 is 3.56. The van der Waals surface area contributed by atoms with Crippen molar-refractivity contribution in [1.82, 2.24) is 0 Å². The fourth-order valence-corrected chi connectivity index (χ4v) is 2.03. The fourth-order valence-electron chi connectivity index (χ4n) is 1.66. The summed E-state index contributed by atoms with van der Waals surface area (Å²) in [5.41, 5.74) is 2.65. The molecular weight excluding hydrogens is 226 g/mol. The number of halogens is 1. The minimum absolute atomic E-state index is 0.717. The van der Waals surface area contributed by atoms with E-state index in [0.29, 0.717) is 0 Å². The van der Waals surface area contributed by atoms with Gasteiger partial charge in [-0.3, -0.25) is 0 Å². The second kappa shape index (κ2) is 3.33. The van der Waals surface area contributed by atoms with Gasteiger partial charge < -0.3 is 4.90 Å². The number of hydrogen-bond donors (Lipinski definition) is 0. The first-order chi connectivity index (χ1) is 6.18. The summed E-state index contributed by atoms with van der Waals surface area (Å²) in [5, 5.41) is 0. The highest BCUT2D eigenvalue weighted by molar-refractivity contribution is 9.10. The predicted octanol–water partition coefficient (Wildman–Crippen LogP) is 3.36. The molecule has 1 aliphatic rings. The summed E-state index contributed by atoms with van der Waals surface area (Å²) in [5.74, 6) is 0. The Hall–Kier alpha value is -0.500. The lowest BCUT2D eigenvalue weighted by Crippen LogP contribution is -2.45. The highest BCUT2D eigenvalue weighted by Gasteiger charge is 2.23. The maximum absolute atomic E-state index is 3.56. The molecule has 1 aromatic rings. The first-order valence-corrected chi connectivity index (χ1v) is 5.50. The van der Waals surface area contributed by atoms with Crippen molar-refractivity contribution in [2.75, 3.05) is 11.4 Å². The van der Waals surface area contributed by atoms with Crippen molar-refractivity contribution in [3.05, 3.63) is 28.2 Å². The first kappa shape index (κ1) is 9.07. The molecule has 1 nitrogen and oxygen atoms in total. The van der Waals surface area contributed by atoms with E-state index in [4.69, 9.17) is 0 Å². The van der Waals surface area contributed by atoms with Gasteiger partial charge >= 0.3 is 0 Å². The molecule has 0 bridgehead atoms. The predicted molar refractivity (Wildman–Crippen MR) is 60.3 cm³/mol. The minimum atomic E-state index is 0.717. The Bertz CT molecular complexity index is 322. The number of aryl methyl sites for hydroxylation is 1. The number of nitrogens with zero attached hydrogens (tertiary/aromatic N) is 1. The van der Waals surface area contributed by atoms with Gasteiger partial charge in [0.25, 0.3) is 0 Å². The van der Waals surface area contributed by atoms with Crippen LogP contribution in [0.25, 0.3) is 0 Å². The molecule has 1 saturated heterocycles. The summed E-state index contributed by atoms with van der Waals surface area (Å²) in [6.45, 7) is 5.60. The van der Waals surface area contributed by atoms with E-state index in [2.05, 4.69) is 52.9 Å². The number of rotatable bonds is 1. The van der Waals surface area contributed by atoms with Crippen molar-refractivity contribution in [1.29, 1.82) is 0 Å². The van der Waals surface area contributed by atoms with Crippen LogP contribution < -0.4 is 4.90 Å². The van der Waals surface area contributed by atoms with Gasteiger partial charge in [-0.1, -0.05) is 22.0 Å². The molecule has 2 heteroatoms. The third-order valence-electron chi connectivity index (χ3n) is 2.81. The second-order valence-corrected chi connectivity index (χ2v) is 4.62. The van der Waals surface area contributed by atoms with Crippen LogP contribution in [0.2, 0.25) is 0 Å². The third-order valence-corrected chi connectivity index (χ3v) is 3.66. The Balaban J connectivity index is 2.26. The molecule has 0 amide bonds. The Morgan fingerprint density at radius 2 is 2.23 bits per heavy atom. The topological polar surface area (TPSA) is 3.24 Å². The van der Waals surface area contributed by atoms with E-state index in [1.165, 1.54) is 28.7 Å². The molecule has 1 aliphatic heterocycles. The number of benzene rings is 1. The van der Waals surface area contributed by atoms with Gasteiger partial charge in [0, 0.05) is 22.7 Å². The van der Waals surface area contributed by atoms with Crippen molar-refractivity contribution in [2.24, 2.45) is 0 Å². The number of anilines is 1. The highest BCUT2D eigenvalue weighted by atomic mass is 79.9. The molecule has 1 fully saturated rings. The SMILES string of the molecule is Cc1ccc(N2CCC2C)cc1Br. The summed E-state index contributed by atoms with van der Waals surface area (Å²) in [4.78, 5) is 2.43. The molecule has 2 rings (SSSR count). The molecule has 0 radical (unpaired) electrons. The molecule has 1 aromatic carbocycles. The number of hydrogen-bond acceptors (Lipinski definition) is 1. The van der Waals surface area contributed by atoms with Crippen molar-refractivity contribution < 1.29 is 0 Å². The van der Waals surface area contributed by atoms with Crippen LogP contribution in [0, 0.1) is 6.92 Å². The van der Waals surface area contributed by atoms with E-state index in [9.17, 15) is 0 Å². The van der Waals surface area contributed by atoms with Crippen molar-refractivity contribution >= 4 is 21.6 Å². The van der Waals surface area contributed by atoms with Crippen LogP contribution in [0.4, 0.5) is 5.69 Å². The lowest BCUT2D eigenvalue weighted by molar-refractivity contribution is 0.481. The standard InChI is InChI=1S/C11H14BrN/c1-8-3-4-10(7-11(8)12)13-6-5-9(13)2/h3-4,7,9H,5-6H2,1-2H3. The van der Waals surface area contributed by atoms with Crippen LogP contribution in [0.1, 0.15) is 18.9 Å². The fraction of sp³-hybridized carbons (Fsp3) is 0.455. The van der Waals surface area contributed by atoms with E-state index in [1.54, 1.807) is 0 Å². The zero-order valence-electron chi connectivity index (χ0n) is 8.05. The molecule has 1 atom stereocenters. The Morgan fingerprint density at radius 1 is 1.46 bits per heavy atom. The summed E-state index contributed by atoms with van der Waals surface area (Å²) < 4.78 is 1.21. The quantitative estimate of drug-likeness (QED) is 0.727. The smallest absolute Gasteiger partial charge is 0.0380 e. The van der Waals surface area contributed by atoms with Crippen LogP contribution in [0.5, 0.6) is 0 Å². The molecule has 0 N–H and O–H groups in total. The molecule has 0 spiro atoms. The molecule has 0 saturated carbocycles. The van der Waals surface area contributed by atoms with Crippen molar-refractivity contribution in [3.8, 4) is 0 Å². The first-order valence-electron chi connectivity index (χ1n) is 4.71. The van der Waals surface area contributed by atoms with Gasteiger partial charge in [-0.25, -0.2) is 0 Å². The molecule has 0 aromatic heterocycles. The van der Waals surface area contributed by atoms with Gasteiger partial charge in [0.15, 0.2) is 0 Å². The monoisotopic (exact) mass is 239 g/mol. The maximum Gasteiger partial charge on any atom is 0.0380 e. The molecular formula is C11H14BrN. The third kappa shape index (κ3) is 1.60.